The first-order valence-corrected chi connectivity index (χ1v) is 9.70. The third kappa shape index (κ3) is 3.62. The number of aromatic nitrogens is 3. The first-order valence-electron chi connectivity index (χ1n) is 8.07. The van der Waals surface area contributed by atoms with Crippen molar-refractivity contribution in [3.63, 3.8) is 0 Å². The maximum absolute atomic E-state index is 11.8. The molecular weight excluding hydrogens is 417 g/mol. The standard InChI is InChI=1S/C20H11Cl2N3O2S/c21-16-4-2-11(6-17(16)22)18-9-28-19(25-18)12-1-3-14(15(5-12)20(26)27)13-7-23-10-24-8-13/h1-10H,(H,26,27). The molecule has 0 aliphatic heterocycles. The van der Waals surface area contributed by atoms with E-state index in [1.165, 1.54) is 17.7 Å². The number of hydrogen-bond donors (Lipinski definition) is 1. The smallest absolute Gasteiger partial charge is 0.336 e. The summed E-state index contributed by atoms with van der Waals surface area (Å²) in [6.45, 7) is 0. The summed E-state index contributed by atoms with van der Waals surface area (Å²) in [5, 5.41) is 13.2. The number of carboxylic acid groups (broad SMARTS) is 1. The van der Waals surface area contributed by atoms with E-state index in [1.807, 2.05) is 17.5 Å². The number of aromatic carboxylic acids is 1. The second-order valence-electron chi connectivity index (χ2n) is 5.86. The summed E-state index contributed by atoms with van der Waals surface area (Å²) in [6, 6.07) is 10.5. The van der Waals surface area contributed by atoms with Crippen molar-refractivity contribution in [1.82, 2.24) is 15.0 Å². The highest BCUT2D eigenvalue weighted by atomic mass is 35.5. The average molecular weight is 428 g/mol. The van der Waals surface area contributed by atoms with Gasteiger partial charge >= 0.3 is 5.97 Å². The second kappa shape index (κ2) is 7.67. The van der Waals surface area contributed by atoms with Crippen molar-refractivity contribution in [2.45, 2.75) is 0 Å². The number of thiazole rings is 1. The van der Waals surface area contributed by atoms with Crippen LogP contribution in [0.3, 0.4) is 0 Å². The maximum atomic E-state index is 11.8. The van der Waals surface area contributed by atoms with Crippen LogP contribution in [0.25, 0.3) is 33.0 Å². The fraction of sp³-hybridized carbons (Fsp3) is 0. The zero-order valence-corrected chi connectivity index (χ0v) is 16.5. The lowest BCUT2D eigenvalue weighted by molar-refractivity contribution is 0.0698. The molecule has 0 radical (unpaired) electrons. The minimum absolute atomic E-state index is 0.165. The molecule has 8 heteroatoms. The van der Waals surface area contributed by atoms with Crippen LogP contribution in [-0.4, -0.2) is 26.0 Å². The molecule has 4 aromatic rings. The van der Waals surface area contributed by atoms with Crippen molar-refractivity contribution >= 4 is 40.5 Å². The lowest BCUT2D eigenvalue weighted by Gasteiger charge is -2.07. The van der Waals surface area contributed by atoms with Gasteiger partial charge in [-0.2, -0.15) is 0 Å². The molecule has 5 nitrogen and oxygen atoms in total. The Bertz CT molecular complexity index is 1180. The van der Waals surface area contributed by atoms with Crippen LogP contribution in [0, 0.1) is 0 Å². The summed E-state index contributed by atoms with van der Waals surface area (Å²) in [5.41, 5.74) is 3.66. The Kier molecular flexibility index (Phi) is 5.09. The van der Waals surface area contributed by atoms with Gasteiger partial charge < -0.3 is 5.11 Å². The summed E-state index contributed by atoms with van der Waals surface area (Å²) in [4.78, 5) is 24.3. The molecule has 0 atom stereocenters. The van der Waals surface area contributed by atoms with Gasteiger partial charge in [-0.1, -0.05) is 41.4 Å². The van der Waals surface area contributed by atoms with Crippen LogP contribution in [0.1, 0.15) is 10.4 Å². The average Bonchev–Trinajstić information content (AvgIpc) is 3.20. The molecule has 138 valence electrons. The van der Waals surface area contributed by atoms with E-state index in [-0.39, 0.29) is 5.56 Å². The minimum atomic E-state index is -1.03. The molecular formula is C20H11Cl2N3O2S. The van der Waals surface area contributed by atoms with Gasteiger partial charge in [-0.3, -0.25) is 0 Å². The summed E-state index contributed by atoms with van der Waals surface area (Å²) in [7, 11) is 0. The molecule has 0 aliphatic rings. The molecule has 4 rings (SSSR count). The molecule has 28 heavy (non-hydrogen) atoms. The Labute approximate surface area is 174 Å². The number of carboxylic acids is 1. The van der Waals surface area contributed by atoms with E-state index < -0.39 is 5.97 Å². The van der Waals surface area contributed by atoms with Gasteiger partial charge in [-0.15, -0.1) is 11.3 Å². The number of hydrogen-bond acceptors (Lipinski definition) is 5. The van der Waals surface area contributed by atoms with Gasteiger partial charge in [0.25, 0.3) is 0 Å². The van der Waals surface area contributed by atoms with Crippen LogP contribution in [-0.2, 0) is 0 Å². The van der Waals surface area contributed by atoms with Crippen molar-refractivity contribution in [2.24, 2.45) is 0 Å². The summed E-state index contributed by atoms with van der Waals surface area (Å²) in [6.07, 6.45) is 4.57. The highest BCUT2D eigenvalue weighted by Crippen LogP contribution is 2.34. The molecule has 0 saturated carbocycles. The van der Waals surface area contributed by atoms with Gasteiger partial charge in [0.1, 0.15) is 11.3 Å². The molecule has 0 fully saturated rings. The van der Waals surface area contributed by atoms with Gasteiger partial charge in [-0.05, 0) is 23.8 Å². The third-order valence-electron chi connectivity index (χ3n) is 4.09. The highest BCUT2D eigenvalue weighted by molar-refractivity contribution is 7.13. The predicted molar refractivity (Wildman–Crippen MR) is 111 cm³/mol. The van der Waals surface area contributed by atoms with Gasteiger partial charge in [0, 0.05) is 34.5 Å². The Hall–Kier alpha value is -2.80. The number of benzene rings is 2. The molecule has 0 saturated heterocycles. The lowest BCUT2D eigenvalue weighted by atomic mass is 9.99. The van der Waals surface area contributed by atoms with Gasteiger partial charge in [0.05, 0.1) is 21.3 Å². The molecule has 0 amide bonds. The Morgan fingerprint density at radius 3 is 2.39 bits per heavy atom. The molecule has 0 unspecified atom stereocenters. The fourth-order valence-corrected chi connectivity index (χ4v) is 3.86. The van der Waals surface area contributed by atoms with Crippen molar-refractivity contribution in [1.29, 1.82) is 0 Å². The Balaban J connectivity index is 1.74. The topological polar surface area (TPSA) is 76.0 Å². The van der Waals surface area contributed by atoms with Gasteiger partial charge in [0.2, 0.25) is 0 Å². The molecule has 0 aliphatic carbocycles. The number of halogens is 2. The van der Waals surface area contributed by atoms with E-state index in [0.717, 1.165) is 11.3 Å². The number of carbonyl (C=O) groups is 1. The molecule has 2 heterocycles. The lowest BCUT2D eigenvalue weighted by Crippen LogP contribution is -2.00. The van der Waals surface area contributed by atoms with E-state index in [0.29, 0.717) is 31.7 Å². The van der Waals surface area contributed by atoms with Crippen LogP contribution in [0.5, 0.6) is 0 Å². The van der Waals surface area contributed by atoms with Crippen LogP contribution >= 0.6 is 34.5 Å². The van der Waals surface area contributed by atoms with Crippen molar-refractivity contribution in [3.05, 3.63) is 76.1 Å². The van der Waals surface area contributed by atoms with Crippen LogP contribution < -0.4 is 0 Å². The van der Waals surface area contributed by atoms with Gasteiger partial charge in [-0.25, -0.2) is 19.7 Å². The SMILES string of the molecule is O=C(O)c1cc(-c2nc(-c3ccc(Cl)c(Cl)c3)cs2)ccc1-c1cncnc1. The van der Waals surface area contributed by atoms with Gasteiger partial charge in [0.15, 0.2) is 0 Å². The highest BCUT2D eigenvalue weighted by Gasteiger charge is 2.16. The van der Waals surface area contributed by atoms with Crippen molar-refractivity contribution in [3.8, 4) is 33.0 Å². The zero-order chi connectivity index (χ0) is 19.7. The Morgan fingerprint density at radius 2 is 1.68 bits per heavy atom. The monoisotopic (exact) mass is 427 g/mol. The normalized spacial score (nSPS) is 10.8. The molecule has 0 bridgehead atoms. The van der Waals surface area contributed by atoms with E-state index in [1.54, 1.807) is 36.7 Å². The first kappa shape index (κ1) is 18.6. The van der Waals surface area contributed by atoms with E-state index >= 15 is 0 Å². The molecule has 2 aromatic carbocycles. The predicted octanol–water partition coefficient (Wildman–Crippen LogP) is 5.94. The minimum Gasteiger partial charge on any atom is -0.478 e. The van der Waals surface area contributed by atoms with Crippen molar-refractivity contribution < 1.29 is 9.90 Å². The largest absolute Gasteiger partial charge is 0.478 e. The molecule has 0 spiro atoms. The van der Waals surface area contributed by atoms with E-state index in [4.69, 9.17) is 23.2 Å². The third-order valence-corrected chi connectivity index (χ3v) is 5.72. The summed E-state index contributed by atoms with van der Waals surface area (Å²) < 4.78 is 0. The van der Waals surface area contributed by atoms with Crippen LogP contribution in [0.2, 0.25) is 10.0 Å². The van der Waals surface area contributed by atoms with Crippen molar-refractivity contribution in [2.75, 3.05) is 0 Å². The van der Waals surface area contributed by atoms with E-state index in [2.05, 4.69) is 15.0 Å². The number of rotatable bonds is 4. The fourth-order valence-electron chi connectivity index (χ4n) is 2.74. The zero-order valence-electron chi connectivity index (χ0n) is 14.1. The molecule has 1 N–H and O–H groups in total. The second-order valence-corrected chi connectivity index (χ2v) is 7.53. The van der Waals surface area contributed by atoms with Crippen LogP contribution in [0.4, 0.5) is 0 Å². The summed E-state index contributed by atoms with van der Waals surface area (Å²) in [5.74, 6) is -1.03. The van der Waals surface area contributed by atoms with Crippen LogP contribution in [0.15, 0.2) is 60.5 Å². The number of nitrogens with zero attached hydrogens (tertiary/aromatic N) is 3. The molecule has 2 aromatic heterocycles. The first-order chi connectivity index (χ1) is 13.5. The maximum Gasteiger partial charge on any atom is 0.336 e. The summed E-state index contributed by atoms with van der Waals surface area (Å²) >= 11 is 13.5. The Morgan fingerprint density at radius 1 is 0.929 bits per heavy atom. The quantitative estimate of drug-likeness (QED) is 0.436. The van der Waals surface area contributed by atoms with E-state index in [9.17, 15) is 9.90 Å².